The van der Waals surface area contributed by atoms with E-state index in [1.54, 1.807) is 0 Å². The van der Waals surface area contributed by atoms with Gasteiger partial charge in [0.15, 0.2) is 0 Å². The van der Waals surface area contributed by atoms with Crippen LogP contribution in [0.25, 0.3) is 0 Å². The standard InChI is InChI=1S/C15H17NO6/c17-15(18)22-14-5-4-9(16(19)20)8-12(14)10-2-1-3-13-11(10)6-7-21-13/h4-5,8,10-11,13H,1-3,6-7H2,(H,17,18)/t10-,11+,13+/m0/s1. The number of nitrogens with zero attached hydrogens (tertiary/aromatic N) is 1. The molecule has 1 heterocycles. The molecule has 1 N–H and O–H groups in total. The third-order valence-corrected chi connectivity index (χ3v) is 4.58. The molecule has 3 rings (SSSR count). The van der Waals surface area contributed by atoms with E-state index in [0.717, 1.165) is 25.7 Å². The van der Waals surface area contributed by atoms with Crippen LogP contribution in [-0.4, -0.2) is 28.9 Å². The van der Waals surface area contributed by atoms with Crippen LogP contribution in [-0.2, 0) is 4.74 Å². The summed E-state index contributed by atoms with van der Waals surface area (Å²) < 4.78 is 10.6. The second kappa shape index (κ2) is 5.92. The number of benzene rings is 1. The quantitative estimate of drug-likeness (QED) is 0.398. The Hall–Kier alpha value is -2.15. The Balaban J connectivity index is 1.99. The van der Waals surface area contributed by atoms with Crippen LogP contribution in [0, 0.1) is 16.0 Å². The first-order chi connectivity index (χ1) is 10.6. The smallest absolute Gasteiger partial charge is 0.449 e. The van der Waals surface area contributed by atoms with Gasteiger partial charge >= 0.3 is 6.16 Å². The van der Waals surface area contributed by atoms with Crippen molar-refractivity contribution in [3.63, 3.8) is 0 Å². The van der Waals surface area contributed by atoms with Crippen molar-refractivity contribution in [2.75, 3.05) is 6.61 Å². The first-order valence-corrected chi connectivity index (χ1v) is 7.37. The van der Waals surface area contributed by atoms with E-state index in [4.69, 9.17) is 14.6 Å². The third kappa shape index (κ3) is 2.76. The van der Waals surface area contributed by atoms with Crippen molar-refractivity contribution in [1.82, 2.24) is 0 Å². The van der Waals surface area contributed by atoms with Crippen LogP contribution in [0.4, 0.5) is 10.5 Å². The van der Waals surface area contributed by atoms with E-state index in [0.29, 0.717) is 12.2 Å². The summed E-state index contributed by atoms with van der Waals surface area (Å²) in [5, 5.41) is 19.9. The van der Waals surface area contributed by atoms with E-state index < -0.39 is 11.1 Å². The van der Waals surface area contributed by atoms with Gasteiger partial charge in [-0.1, -0.05) is 6.42 Å². The van der Waals surface area contributed by atoms with Crippen molar-refractivity contribution in [3.8, 4) is 5.75 Å². The molecule has 1 aliphatic carbocycles. The molecule has 0 aromatic heterocycles. The molecule has 2 aliphatic rings. The lowest BCUT2D eigenvalue weighted by Gasteiger charge is -2.33. The van der Waals surface area contributed by atoms with Crippen LogP contribution >= 0.6 is 0 Å². The zero-order chi connectivity index (χ0) is 15.7. The maximum Gasteiger partial charge on any atom is 0.511 e. The molecule has 0 bridgehead atoms. The number of carbonyl (C=O) groups is 1. The maximum atomic E-state index is 11.0. The SMILES string of the molecule is O=C(O)Oc1ccc([N+](=O)[O-])cc1[C@H]1CCC[C@H]2OCC[C@H]12. The van der Waals surface area contributed by atoms with E-state index in [1.807, 2.05) is 0 Å². The van der Waals surface area contributed by atoms with Crippen LogP contribution in [0.5, 0.6) is 5.75 Å². The number of hydrogen-bond acceptors (Lipinski definition) is 5. The number of ether oxygens (including phenoxy) is 2. The Morgan fingerprint density at radius 1 is 1.36 bits per heavy atom. The highest BCUT2D eigenvalue weighted by molar-refractivity contribution is 5.63. The number of nitro groups is 1. The highest BCUT2D eigenvalue weighted by Gasteiger charge is 2.40. The summed E-state index contributed by atoms with van der Waals surface area (Å²) in [7, 11) is 0. The Kier molecular flexibility index (Phi) is 3.98. The molecule has 0 amide bonds. The molecule has 1 aromatic rings. The van der Waals surface area contributed by atoms with Crippen LogP contribution < -0.4 is 4.74 Å². The van der Waals surface area contributed by atoms with Gasteiger partial charge in [-0.15, -0.1) is 0 Å². The van der Waals surface area contributed by atoms with E-state index in [9.17, 15) is 14.9 Å². The van der Waals surface area contributed by atoms with Crippen LogP contribution in [0.15, 0.2) is 18.2 Å². The van der Waals surface area contributed by atoms with Gasteiger partial charge in [-0.3, -0.25) is 10.1 Å². The molecule has 7 nitrogen and oxygen atoms in total. The summed E-state index contributed by atoms with van der Waals surface area (Å²) in [6.45, 7) is 0.690. The molecule has 0 radical (unpaired) electrons. The first kappa shape index (κ1) is 14.8. The summed E-state index contributed by atoms with van der Waals surface area (Å²) >= 11 is 0. The number of non-ortho nitro benzene ring substituents is 1. The fraction of sp³-hybridized carbons (Fsp3) is 0.533. The van der Waals surface area contributed by atoms with Crippen molar-refractivity contribution in [2.24, 2.45) is 5.92 Å². The number of rotatable bonds is 3. The van der Waals surface area contributed by atoms with Crippen molar-refractivity contribution < 1.29 is 24.3 Å². The summed E-state index contributed by atoms with van der Waals surface area (Å²) in [6, 6.07) is 4.10. The van der Waals surface area contributed by atoms with Crippen molar-refractivity contribution in [3.05, 3.63) is 33.9 Å². The van der Waals surface area contributed by atoms with E-state index in [1.165, 1.54) is 18.2 Å². The monoisotopic (exact) mass is 307 g/mol. The normalized spacial score (nSPS) is 27.2. The molecule has 7 heteroatoms. The molecular weight excluding hydrogens is 290 g/mol. The molecule has 1 saturated carbocycles. The average Bonchev–Trinajstić information content (AvgIpc) is 2.95. The van der Waals surface area contributed by atoms with Crippen LogP contribution in [0.1, 0.15) is 37.2 Å². The molecular formula is C15H17NO6. The Morgan fingerprint density at radius 2 is 2.18 bits per heavy atom. The minimum Gasteiger partial charge on any atom is -0.449 e. The third-order valence-electron chi connectivity index (χ3n) is 4.58. The zero-order valence-corrected chi connectivity index (χ0v) is 11.9. The fourth-order valence-electron chi connectivity index (χ4n) is 3.69. The highest BCUT2D eigenvalue weighted by atomic mass is 16.7. The lowest BCUT2D eigenvalue weighted by molar-refractivity contribution is -0.385. The van der Waals surface area contributed by atoms with Gasteiger partial charge < -0.3 is 14.6 Å². The number of hydrogen-bond donors (Lipinski definition) is 1. The molecule has 0 unspecified atom stereocenters. The first-order valence-electron chi connectivity index (χ1n) is 7.37. The Morgan fingerprint density at radius 3 is 2.91 bits per heavy atom. The fourth-order valence-corrected chi connectivity index (χ4v) is 3.69. The van der Waals surface area contributed by atoms with Gasteiger partial charge in [0.2, 0.25) is 0 Å². The minimum absolute atomic E-state index is 0.0375. The number of carboxylic acid groups (broad SMARTS) is 1. The van der Waals surface area contributed by atoms with Crippen molar-refractivity contribution in [2.45, 2.75) is 37.7 Å². The van der Waals surface area contributed by atoms with Crippen molar-refractivity contribution in [1.29, 1.82) is 0 Å². The van der Waals surface area contributed by atoms with Gasteiger partial charge in [0.05, 0.1) is 11.0 Å². The van der Waals surface area contributed by atoms with Gasteiger partial charge in [0.25, 0.3) is 5.69 Å². The molecule has 0 spiro atoms. The van der Waals surface area contributed by atoms with E-state index in [-0.39, 0.29) is 29.4 Å². The number of fused-ring (bicyclic) bond motifs is 1. The molecule has 1 aromatic carbocycles. The molecule has 3 atom stereocenters. The maximum absolute atomic E-state index is 11.0. The molecule has 118 valence electrons. The summed E-state index contributed by atoms with van der Waals surface area (Å²) in [4.78, 5) is 21.4. The minimum atomic E-state index is -1.41. The van der Waals surface area contributed by atoms with E-state index >= 15 is 0 Å². The summed E-state index contributed by atoms with van der Waals surface area (Å²) in [5.74, 6) is 0.498. The summed E-state index contributed by atoms with van der Waals surface area (Å²) in [5.41, 5.74) is 0.561. The predicted molar refractivity (Wildman–Crippen MR) is 76.2 cm³/mol. The van der Waals surface area contributed by atoms with Crippen molar-refractivity contribution >= 4 is 11.8 Å². The highest BCUT2D eigenvalue weighted by Crippen LogP contribution is 2.47. The molecule has 1 aliphatic heterocycles. The lowest BCUT2D eigenvalue weighted by atomic mass is 9.73. The van der Waals surface area contributed by atoms with Gasteiger partial charge in [-0.2, -0.15) is 0 Å². The summed E-state index contributed by atoms with van der Waals surface area (Å²) in [6.07, 6.45) is 2.46. The average molecular weight is 307 g/mol. The molecule has 1 saturated heterocycles. The Bertz CT molecular complexity index is 602. The van der Waals surface area contributed by atoms with Gasteiger partial charge in [0.1, 0.15) is 5.75 Å². The zero-order valence-electron chi connectivity index (χ0n) is 11.9. The molecule has 2 fully saturated rings. The van der Waals surface area contributed by atoms with Gasteiger partial charge in [-0.25, -0.2) is 4.79 Å². The topological polar surface area (TPSA) is 98.9 Å². The van der Waals surface area contributed by atoms with Gasteiger partial charge in [-0.05, 0) is 37.2 Å². The molecule has 22 heavy (non-hydrogen) atoms. The predicted octanol–water partition coefficient (Wildman–Crippen LogP) is 3.32. The van der Waals surface area contributed by atoms with Crippen LogP contribution in [0.3, 0.4) is 0 Å². The Labute approximate surface area is 127 Å². The van der Waals surface area contributed by atoms with E-state index in [2.05, 4.69) is 0 Å². The second-order valence-electron chi connectivity index (χ2n) is 5.75. The van der Waals surface area contributed by atoms with Gasteiger partial charge in [0, 0.05) is 24.3 Å². The van der Waals surface area contributed by atoms with Crippen LogP contribution in [0.2, 0.25) is 0 Å². The lowest BCUT2D eigenvalue weighted by Crippen LogP contribution is -2.28. The number of nitro benzene ring substituents is 1. The second-order valence-corrected chi connectivity index (χ2v) is 5.75. The largest absolute Gasteiger partial charge is 0.511 e.